The highest BCUT2D eigenvalue weighted by Gasteiger charge is 2.44. The van der Waals surface area contributed by atoms with E-state index in [1.165, 1.54) is 21.0 Å². The maximum absolute atomic E-state index is 14.5. The minimum absolute atomic E-state index is 0.0843. The predicted octanol–water partition coefficient (Wildman–Crippen LogP) is 2.37. The van der Waals surface area contributed by atoms with Crippen LogP contribution in [0.3, 0.4) is 0 Å². The fourth-order valence-electron chi connectivity index (χ4n) is 2.91. The van der Waals surface area contributed by atoms with E-state index in [0.29, 0.717) is 6.07 Å². The number of ether oxygens (including phenoxy) is 1. The number of halogens is 3. The SMILES string of the molecule is COc1cnc(C(=O)Nc2cc(F)c(F)c([C@@H]3CS(=O)(=O)C(C)(C)C(N)=N3)c2)c(F)c1. The van der Waals surface area contributed by atoms with Crippen LogP contribution in [0.2, 0.25) is 0 Å². The Bertz CT molecular complexity index is 1200. The van der Waals surface area contributed by atoms with Crippen molar-refractivity contribution in [1.82, 2.24) is 4.98 Å². The van der Waals surface area contributed by atoms with Gasteiger partial charge in [-0.15, -0.1) is 0 Å². The van der Waals surface area contributed by atoms with Crippen LogP contribution in [0.4, 0.5) is 18.9 Å². The first-order chi connectivity index (χ1) is 14.4. The van der Waals surface area contributed by atoms with Crippen LogP contribution in [0.25, 0.3) is 0 Å². The molecule has 0 radical (unpaired) electrons. The molecule has 12 heteroatoms. The molecule has 1 amide bonds. The number of sulfone groups is 1. The number of carbonyl (C=O) groups excluding carboxylic acids is 1. The number of amides is 1. The number of benzene rings is 1. The zero-order chi connectivity index (χ0) is 23.1. The number of amidine groups is 1. The van der Waals surface area contributed by atoms with Crippen LogP contribution in [0.5, 0.6) is 5.75 Å². The lowest BCUT2D eigenvalue weighted by atomic mass is 10.1. The fraction of sp³-hybridized carbons (Fsp3) is 0.316. The summed E-state index contributed by atoms with van der Waals surface area (Å²) in [6, 6.07) is 1.31. The summed E-state index contributed by atoms with van der Waals surface area (Å²) in [7, 11) is -2.54. The van der Waals surface area contributed by atoms with Crippen LogP contribution < -0.4 is 15.8 Å². The zero-order valence-corrected chi connectivity index (χ0v) is 17.6. The van der Waals surface area contributed by atoms with E-state index >= 15 is 0 Å². The van der Waals surface area contributed by atoms with Gasteiger partial charge in [0.15, 0.2) is 33.0 Å². The Hall–Kier alpha value is -3.15. The maximum Gasteiger partial charge on any atom is 0.277 e. The van der Waals surface area contributed by atoms with Gasteiger partial charge >= 0.3 is 0 Å². The highest BCUT2D eigenvalue weighted by Crippen LogP contribution is 2.34. The van der Waals surface area contributed by atoms with Crippen molar-refractivity contribution in [1.29, 1.82) is 0 Å². The molecule has 1 atom stereocenters. The van der Waals surface area contributed by atoms with Crippen molar-refractivity contribution in [3.8, 4) is 5.75 Å². The molecule has 2 heterocycles. The van der Waals surface area contributed by atoms with Gasteiger partial charge in [0.1, 0.15) is 16.3 Å². The summed E-state index contributed by atoms with van der Waals surface area (Å²) < 4.78 is 71.1. The lowest BCUT2D eigenvalue weighted by Crippen LogP contribution is -2.50. The average Bonchev–Trinajstić information content (AvgIpc) is 2.68. The Morgan fingerprint density at radius 3 is 2.48 bits per heavy atom. The lowest BCUT2D eigenvalue weighted by Gasteiger charge is -2.32. The van der Waals surface area contributed by atoms with E-state index in [1.807, 2.05) is 0 Å². The van der Waals surface area contributed by atoms with Gasteiger partial charge in [-0.05, 0) is 19.9 Å². The van der Waals surface area contributed by atoms with E-state index in [9.17, 15) is 26.4 Å². The molecule has 0 saturated heterocycles. The van der Waals surface area contributed by atoms with Gasteiger partial charge in [0.2, 0.25) is 0 Å². The van der Waals surface area contributed by atoms with Gasteiger partial charge < -0.3 is 15.8 Å². The largest absolute Gasteiger partial charge is 0.495 e. The second-order valence-corrected chi connectivity index (χ2v) is 9.93. The summed E-state index contributed by atoms with van der Waals surface area (Å²) in [6.07, 6.45) is 1.11. The van der Waals surface area contributed by atoms with Crippen molar-refractivity contribution in [3.05, 3.63) is 53.1 Å². The van der Waals surface area contributed by atoms with E-state index < -0.39 is 61.0 Å². The summed E-state index contributed by atoms with van der Waals surface area (Å²) in [5.41, 5.74) is 4.50. The smallest absolute Gasteiger partial charge is 0.277 e. The monoisotopic (exact) mass is 456 g/mol. The summed E-state index contributed by atoms with van der Waals surface area (Å²) >= 11 is 0. The molecular formula is C19H19F3N4O4S. The van der Waals surface area contributed by atoms with Gasteiger partial charge in [-0.3, -0.25) is 9.79 Å². The molecule has 0 fully saturated rings. The Kier molecular flexibility index (Phi) is 5.70. The molecule has 0 aliphatic carbocycles. The van der Waals surface area contributed by atoms with Gasteiger partial charge in [-0.25, -0.2) is 26.6 Å². The van der Waals surface area contributed by atoms with Crippen LogP contribution in [0.15, 0.2) is 29.4 Å². The number of methoxy groups -OCH3 is 1. The van der Waals surface area contributed by atoms with Gasteiger partial charge in [0, 0.05) is 23.4 Å². The summed E-state index contributed by atoms with van der Waals surface area (Å²) in [6.45, 7) is 2.72. The van der Waals surface area contributed by atoms with Crippen LogP contribution in [0, 0.1) is 17.5 Å². The van der Waals surface area contributed by atoms with Crippen molar-refractivity contribution >= 4 is 27.3 Å². The molecule has 31 heavy (non-hydrogen) atoms. The third-order valence-corrected chi connectivity index (χ3v) is 7.53. The van der Waals surface area contributed by atoms with E-state index in [2.05, 4.69) is 15.3 Å². The molecule has 1 aliphatic rings. The quantitative estimate of drug-likeness (QED) is 0.728. The molecule has 8 nitrogen and oxygen atoms in total. The van der Waals surface area contributed by atoms with Gasteiger partial charge in [-0.2, -0.15) is 0 Å². The zero-order valence-electron chi connectivity index (χ0n) is 16.7. The normalized spacial score (nSPS) is 19.4. The number of aromatic nitrogens is 1. The molecule has 1 aromatic carbocycles. The number of pyridine rings is 1. The number of nitrogens with one attached hydrogen (secondary N) is 1. The molecule has 1 aliphatic heterocycles. The van der Waals surface area contributed by atoms with Crippen LogP contribution in [-0.2, 0) is 9.84 Å². The molecular weight excluding hydrogens is 437 g/mol. The number of aliphatic imine (C=N–C) groups is 1. The Morgan fingerprint density at radius 1 is 1.23 bits per heavy atom. The topological polar surface area (TPSA) is 124 Å². The van der Waals surface area contributed by atoms with Crippen LogP contribution in [0.1, 0.15) is 35.9 Å². The fourth-order valence-corrected chi connectivity index (χ4v) is 4.37. The summed E-state index contributed by atoms with van der Waals surface area (Å²) in [5, 5.41) is 2.21. The first-order valence-electron chi connectivity index (χ1n) is 8.93. The molecule has 3 rings (SSSR count). The number of nitrogens with zero attached hydrogens (tertiary/aromatic N) is 2. The van der Waals surface area contributed by atoms with Gasteiger partial charge in [0.25, 0.3) is 5.91 Å². The van der Waals surface area contributed by atoms with Gasteiger partial charge in [0.05, 0.1) is 25.1 Å². The molecule has 1 aromatic heterocycles. The Labute approximate surface area is 176 Å². The number of hydrogen-bond donors (Lipinski definition) is 2. The van der Waals surface area contributed by atoms with Crippen molar-refractivity contribution in [2.75, 3.05) is 18.2 Å². The highest BCUT2D eigenvalue weighted by molar-refractivity contribution is 7.93. The van der Waals surface area contributed by atoms with Crippen LogP contribution >= 0.6 is 0 Å². The predicted molar refractivity (Wildman–Crippen MR) is 107 cm³/mol. The van der Waals surface area contributed by atoms with Crippen molar-refractivity contribution in [2.45, 2.75) is 24.6 Å². The molecule has 0 saturated carbocycles. The minimum atomic E-state index is -3.83. The Morgan fingerprint density at radius 2 is 1.90 bits per heavy atom. The average molecular weight is 456 g/mol. The van der Waals surface area contributed by atoms with E-state index in [-0.39, 0.29) is 17.3 Å². The molecule has 0 spiro atoms. The minimum Gasteiger partial charge on any atom is -0.495 e. The Balaban J connectivity index is 1.97. The van der Waals surface area contributed by atoms with Crippen molar-refractivity contribution < 1.29 is 31.1 Å². The maximum atomic E-state index is 14.5. The second kappa shape index (κ2) is 7.84. The van der Waals surface area contributed by atoms with Crippen molar-refractivity contribution in [3.63, 3.8) is 0 Å². The van der Waals surface area contributed by atoms with Crippen LogP contribution in [-0.4, -0.2) is 42.8 Å². The number of hydrogen-bond acceptors (Lipinski definition) is 7. The highest BCUT2D eigenvalue weighted by atomic mass is 32.2. The first-order valence-corrected chi connectivity index (χ1v) is 10.6. The lowest BCUT2D eigenvalue weighted by molar-refractivity contribution is 0.101. The molecule has 0 bridgehead atoms. The number of anilines is 1. The number of rotatable bonds is 4. The first kappa shape index (κ1) is 22.5. The number of nitrogens with two attached hydrogens (primary N) is 1. The summed E-state index contributed by atoms with van der Waals surface area (Å²) in [5.74, 6) is -5.47. The van der Waals surface area contributed by atoms with E-state index in [4.69, 9.17) is 10.5 Å². The third-order valence-electron chi connectivity index (χ3n) is 5.01. The molecule has 0 unspecified atom stereocenters. The third kappa shape index (κ3) is 4.07. The molecule has 2 aromatic rings. The van der Waals surface area contributed by atoms with Gasteiger partial charge in [-0.1, -0.05) is 0 Å². The summed E-state index contributed by atoms with van der Waals surface area (Å²) in [4.78, 5) is 20.0. The standard InChI is InChI=1S/C19H19F3N4O4S/c1-19(2)18(23)26-14(8-31(19,28)29)11-4-9(5-12(20)15(11)22)25-17(27)16-13(21)6-10(30-3)7-24-16/h4-7,14H,8H2,1-3H3,(H2,23,26)(H,25,27)/t14-/m0/s1. The number of carbonyl (C=O) groups is 1. The molecule has 3 N–H and O–H groups in total. The molecule has 166 valence electrons. The second-order valence-electron chi connectivity index (χ2n) is 7.34. The van der Waals surface area contributed by atoms with E-state index in [1.54, 1.807) is 0 Å². The van der Waals surface area contributed by atoms with E-state index in [0.717, 1.165) is 18.3 Å². The van der Waals surface area contributed by atoms with Crippen molar-refractivity contribution in [2.24, 2.45) is 10.7 Å².